The fraction of sp³-hybridized carbons (Fsp3) is 0. The fourth-order valence-electron chi connectivity index (χ4n) is 9.63. The third-order valence-corrected chi connectivity index (χ3v) is 11.9. The number of para-hydroxylation sites is 3. The topological polar surface area (TPSA) is 9.86 Å². The molecular weight excluding hydrogens is 677 g/mol. The molecule has 0 atom stereocenters. The van der Waals surface area contributed by atoms with Crippen molar-refractivity contribution in [3.05, 3.63) is 206 Å². The highest BCUT2D eigenvalue weighted by atomic mass is 15.0. The predicted molar refractivity (Wildman–Crippen MR) is 239 cm³/mol. The van der Waals surface area contributed by atoms with Gasteiger partial charge in [-0.15, -0.1) is 0 Å². The van der Waals surface area contributed by atoms with Gasteiger partial charge in [0.1, 0.15) is 0 Å². The predicted octanol–water partition coefficient (Wildman–Crippen LogP) is 14.7. The van der Waals surface area contributed by atoms with Crippen LogP contribution < -0.4 is 0 Å². The van der Waals surface area contributed by atoms with Crippen LogP contribution in [0.2, 0.25) is 0 Å². The van der Waals surface area contributed by atoms with Gasteiger partial charge < -0.3 is 9.13 Å². The molecule has 0 amide bonds. The zero-order valence-electron chi connectivity index (χ0n) is 30.5. The van der Waals surface area contributed by atoms with Gasteiger partial charge in [-0.2, -0.15) is 0 Å². The molecule has 0 fully saturated rings. The van der Waals surface area contributed by atoms with Gasteiger partial charge in [-0.05, 0) is 91.0 Å². The molecule has 2 nitrogen and oxygen atoms in total. The van der Waals surface area contributed by atoms with Crippen molar-refractivity contribution in [1.82, 2.24) is 9.13 Å². The average Bonchev–Trinajstić information content (AvgIpc) is 3.81. The summed E-state index contributed by atoms with van der Waals surface area (Å²) in [5.41, 5.74) is 12.1. The molecule has 0 spiro atoms. The van der Waals surface area contributed by atoms with E-state index < -0.39 is 0 Å². The molecule has 2 aromatic heterocycles. The summed E-state index contributed by atoms with van der Waals surface area (Å²) in [6.45, 7) is 0. The molecule has 10 aromatic carbocycles. The first-order chi connectivity index (χ1) is 27.8. The molecule has 260 valence electrons. The second kappa shape index (κ2) is 12.0. The van der Waals surface area contributed by atoms with Gasteiger partial charge in [0, 0.05) is 32.9 Å². The van der Waals surface area contributed by atoms with Crippen LogP contribution >= 0.6 is 0 Å². The maximum atomic E-state index is 2.51. The molecule has 0 saturated heterocycles. The van der Waals surface area contributed by atoms with Crippen molar-refractivity contribution in [2.45, 2.75) is 0 Å². The molecule has 0 N–H and O–H groups in total. The lowest BCUT2D eigenvalue weighted by Crippen LogP contribution is -1.99. The van der Waals surface area contributed by atoms with Crippen LogP contribution in [0, 0.1) is 0 Å². The van der Waals surface area contributed by atoms with Crippen molar-refractivity contribution >= 4 is 75.9 Å². The summed E-state index contributed by atoms with van der Waals surface area (Å²) in [6, 6.07) is 75.6. The molecule has 0 bridgehead atoms. The lowest BCUT2D eigenvalue weighted by molar-refractivity contribution is 1.15. The van der Waals surface area contributed by atoms with E-state index in [0.29, 0.717) is 0 Å². The minimum atomic E-state index is 1.13. The van der Waals surface area contributed by atoms with E-state index in [0.717, 1.165) is 11.4 Å². The Bertz CT molecular complexity index is 3500. The summed E-state index contributed by atoms with van der Waals surface area (Å²) in [6.07, 6.45) is 0. The quantitative estimate of drug-likeness (QED) is 0.161. The maximum Gasteiger partial charge on any atom is 0.0795 e. The first-order valence-corrected chi connectivity index (χ1v) is 19.4. The Labute approximate surface area is 323 Å². The molecule has 0 aliphatic heterocycles. The van der Waals surface area contributed by atoms with Gasteiger partial charge in [-0.3, -0.25) is 0 Å². The third-order valence-electron chi connectivity index (χ3n) is 11.9. The number of nitrogens with zero attached hydrogens (tertiary/aromatic N) is 2. The Balaban J connectivity index is 1.21. The van der Waals surface area contributed by atoms with Crippen molar-refractivity contribution < 1.29 is 0 Å². The Morgan fingerprint density at radius 3 is 1.05 bits per heavy atom. The molecule has 2 heteroatoms. The molecule has 56 heavy (non-hydrogen) atoms. The van der Waals surface area contributed by atoms with E-state index in [1.54, 1.807) is 0 Å². The van der Waals surface area contributed by atoms with Gasteiger partial charge >= 0.3 is 0 Å². The van der Waals surface area contributed by atoms with Gasteiger partial charge in [0.25, 0.3) is 0 Å². The number of benzene rings is 10. The molecule has 0 unspecified atom stereocenters. The van der Waals surface area contributed by atoms with Gasteiger partial charge in [0.05, 0.1) is 22.1 Å². The normalized spacial score (nSPS) is 11.9. The van der Waals surface area contributed by atoms with Crippen molar-refractivity contribution in [3.8, 4) is 33.6 Å². The van der Waals surface area contributed by atoms with Crippen molar-refractivity contribution in [1.29, 1.82) is 0 Å². The molecular formula is C54H34N2. The van der Waals surface area contributed by atoms with Gasteiger partial charge in [0.15, 0.2) is 0 Å². The summed E-state index contributed by atoms with van der Waals surface area (Å²) < 4.78 is 4.99. The van der Waals surface area contributed by atoms with Crippen molar-refractivity contribution in [3.63, 3.8) is 0 Å². The highest BCUT2D eigenvalue weighted by Gasteiger charge is 2.25. The van der Waals surface area contributed by atoms with Gasteiger partial charge in [-0.25, -0.2) is 0 Å². The number of hydrogen-bond donors (Lipinski definition) is 0. The van der Waals surface area contributed by atoms with Crippen LogP contribution in [-0.4, -0.2) is 9.13 Å². The third kappa shape index (κ3) is 4.33. The van der Waals surface area contributed by atoms with Gasteiger partial charge in [0.2, 0.25) is 0 Å². The van der Waals surface area contributed by atoms with E-state index >= 15 is 0 Å². The molecule has 12 rings (SSSR count). The second-order valence-electron chi connectivity index (χ2n) is 14.8. The molecule has 0 aliphatic rings. The minimum Gasteiger partial charge on any atom is -0.307 e. The van der Waals surface area contributed by atoms with Crippen LogP contribution in [0.25, 0.3) is 110 Å². The number of rotatable bonds is 4. The number of hydrogen-bond acceptors (Lipinski definition) is 0. The molecule has 0 saturated carbocycles. The van der Waals surface area contributed by atoms with E-state index in [2.05, 4.69) is 215 Å². The molecule has 2 heterocycles. The average molecular weight is 711 g/mol. The van der Waals surface area contributed by atoms with E-state index in [-0.39, 0.29) is 0 Å². The van der Waals surface area contributed by atoms with E-state index in [9.17, 15) is 0 Å². The van der Waals surface area contributed by atoms with Gasteiger partial charge in [-0.1, -0.05) is 170 Å². The molecule has 0 radical (unpaired) electrons. The highest BCUT2D eigenvalue weighted by molar-refractivity contribution is 6.36. The first-order valence-electron chi connectivity index (χ1n) is 19.4. The molecule has 0 aliphatic carbocycles. The Kier molecular flexibility index (Phi) is 6.66. The van der Waals surface area contributed by atoms with E-state index in [1.807, 2.05) is 0 Å². The largest absolute Gasteiger partial charge is 0.307 e. The zero-order chi connectivity index (χ0) is 36.7. The lowest BCUT2D eigenvalue weighted by atomic mass is 9.85. The van der Waals surface area contributed by atoms with Crippen LogP contribution in [0.3, 0.4) is 0 Å². The number of fused-ring (bicyclic) bond motifs is 13. The standard InChI is InChI=1S/C54H34N2/c1-3-17-35(18-4-1)49-41-23-9-7-21-39(41)40-22-8-10-24-42(40)50(49)36-31-33-38(34-32-36)56-48-30-16-14-28-46(48)52-44-26-12-11-25-43(44)51-45-27-13-15-29-47(45)55(53(51)54(52)56)37-19-5-2-6-20-37/h1-34H. The maximum absolute atomic E-state index is 2.51. The minimum absolute atomic E-state index is 1.13. The Morgan fingerprint density at radius 2 is 0.571 bits per heavy atom. The second-order valence-corrected chi connectivity index (χ2v) is 14.8. The summed E-state index contributed by atoms with van der Waals surface area (Å²) in [5, 5.41) is 12.7. The van der Waals surface area contributed by atoms with Crippen molar-refractivity contribution in [2.75, 3.05) is 0 Å². The first kappa shape index (κ1) is 31.0. The summed E-state index contributed by atoms with van der Waals surface area (Å²) >= 11 is 0. The van der Waals surface area contributed by atoms with Crippen LogP contribution in [0.5, 0.6) is 0 Å². The van der Waals surface area contributed by atoms with E-state index in [1.165, 1.54) is 98.2 Å². The van der Waals surface area contributed by atoms with Crippen LogP contribution in [0.1, 0.15) is 0 Å². The zero-order valence-corrected chi connectivity index (χ0v) is 30.5. The summed E-state index contributed by atoms with van der Waals surface area (Å²) in [4.78, 5) is 0. The van der Waals surface area contributed by atoms with Crippen molar-refractivity contribution in [2.24, 2.45) is 0 Å². The van der Waals surface area contributed by atoms with E-state index in [4.69, 9.17) is 0 Å². The van der Waals surface area contributed by atoms with Crippen LogP contribution in [0.15, 0.2) is 206 Å². The molecule has 12 aromatic rings. The smallest absolute Gasteiger partial charge is 0.0795 e. The monoisotopic (exact) mass is 710 g/mol. The van der Waals surface area contributed by atoms with Crippen LogP contribution in [0.4, 0.5) is 0 Å². The lowest BCUT2D eigenvalue weighted by Gasteiger charge is -2.19. The Hall–Kier alpha value is -7.42. The SMILES string of the molecule is c1ccc(-c2c(-c3ccc(-n4c5ccccc5c5c6ccccc6c6c7ccccc7n(-c7ccccc7)c6c54)cc3)c3ccccc3c3ccccc23)cc1. The number of aromatic nitrogens is 2. The van der Waals surface area contributed by atoms with Crippen LogP contribution in [-0.2, 0) is 0 Å². The summed E-state index contributed by atoms with van der Waals surface area (Å²) in [7, 11) is 0. The summed E-state index contributed by atoms with van der Waals surface area (Å²) in [5.74, 6) is 0. The fourth-order valence-corrected chi connectivity index (χ4v) is 9.63. The highest BCUT2D eigenvalue weighted by Crippen LogP contribution is 2.48. The Morgan fingerprint density at radius 1 is 0.232 bits per heavy atom.